The third-order valence-corrected chi connectivity index (χ3v) is 6.26. The number of carbonyl (C=O) groups excluding carboxylic acids is 1. The predicted octanol–water partition coefficient (Wildman–Crippen LogP) is 4.43. The maximum Gasteiger partial charge on any atom is 0.336 e. The minimum atomic E-state index is -0.553. The summed E-state index contributed by atoms with van der Waals surface area (Å²) < 4.78 is 2.91. The van der Waals surface area contributed by atoms with Crippen LogP contribution >= 0.6 is 22.9 Å². The van der Waals surface area contributed by atoms with Crippen molar-refractivity contribution < 1.29 is 4.79 Å². The summed E-state index contributed by atoms with van der Waals surface area (Å²) in [6, 6.07) is 12.5. The van der Waals surface area contributed by atoms with Crippen molar-refractivity contribution in [1.82, 2.24) is 9.13 Å². The molecule has 4 aromatic rings. The molecular formula is C23H20ClN3O3S. The van der Waals surface area contributed by atoms with Gasteiger partial charge in [0.05, 0.1) is 11.2 Å². The molecule has 0 spiro atoms. The second-order valence-electron chi connectivity index (χ2n) is 7.44. The molecule has 0 bridgehead atoms. The Morgan fingerprint density at radius 2 is 1.77 bits per heavy atom. The Bertz CT molecular complexity index is 1450. The molecule has 0 aliphatic heterocycles. The molecule has 0 unspecified atom stereocenters. The molecule has 6 nitrogen and oxygen atoms in total. The molecule has 2 aromatic carbocycles. The highest BCUT2D eigenvalue weighted by atomic mass is 35.5. The quantitative estimate of drug-likeness (QED) is 0.496. The van der Waals surface area contributed by atoms with Gasteiger partial charge in [-0.3, -0.25) is 14.2 Å². The summed E-state index contributed by atoms with van der Waals surface area (Å²) in [7, 11) is 0. The number of thiophene rings is 1. The number of rotatable bonds is 4. The SMILES string of the molecule is Cc1ccc(C)c(-n2c(=O)c3sccc3n(CC(=O)Nc3cc(Cl)ccc3C)c2=O)c1. The van der Waals surface area contributed by atoms with Gasteiger partial charge < -0.3 is 5.32 Å². The van der Waals surface area contributed by atoms with Crippen molar-refractivity contribution in [1.29, 1.82) is 0 Å². The lowest BCUT2D eigenvalue weighted by atomic mass is 10.1. The second kappa shape index (κ2) is 8.17. The van der Waals surface area contributed by atoms with Crippen molar-refractivity contribution in [3.63, 3.8) is 0 Å². The van der Waals surface area contributed by atoms with Crippen LogP contribution in [0, 0.1) is 20.8 Å². The lowest BCUT2D eigenvalue weighted by molar-refractivity contribution is -0.116. The standard InChI is InChI=1S/C23H20ClN3O3S/c1-13-4-5-15(3)19(10-13)27-22(29)21-18(8-9-31-21)26(23(27)30)12-20(28)25-17-11-16(24)7-6-14(17)2/h4-11H,12H2,1-3H3,(H,25,28). The largest absolute Gasteiger partial charge is 0.336 e. The maximum absolute atomic E-state index is 13.4. The van der Waals surface area contributed by atoms with Gasteiger partial charge >= 0.3 is 5.69 Å². The molecule has 0 aliphatic rings. The molecule has 158 valence electrons. The highest BCUT2D eigenvalue weighted by Crippen LogP contribution is 2.21. The van der Waals surface area contributed by atoms with Crippen LogP contribution in [0.3, 0.4) is 0 Å². The van der Waals surface area contributed by atoms with Crippen LogP contribution in [0.1, 0.15) is 16.7 Å². The van der Waals surface area contributed by atoms with Crippen molar-refractivity contribution in [2.24, 2.45) is 0 Å². The van der Waals surface area contributed by atoms with Gasteiger partial charge in [0.1, 0.15) is 11.2 Å². The van der Waals surface area contributed by atoms with E-state index < -0.39 is 5.69 Å². The van der Waals surface area contributed by atoms with E-state index in [1.165, 1.54) is 15.9 Å². The number of carbonyl (C=O) groups is 1. The van der Waals surface area contributed by atoms with E-state index in [1.54, 1.807) is 29.6 Å². The molecule has 0 saturated heterocycles. The molecule has 0 atom stereocenters. The monoisotopic (exact) mass is 453 g/mol. The summed E-state index contributed by atoms with van der Waals surface area (Å²) in [5.41, 5.74) is 3.18. The second-order valence-corrected chi connectivity index (χ2v) is 8.79. The van der Waals surface area contributed by atoms with E-state index in [1.807, 2.05) is 39.0 Å². The molecule has 31 heavy (non-hydrogen) atoms. The molecule has 1 N–H and O–H groups in total. The Labute approximate surface area is 187 Å². The fraction of sp³-hybridized carbons (Fsp3) is 0.174. The molecule has 1 amide bonds. The number of fused-ring (bicyclic) bond motifs is 1. The van der Waals surface area contributed by atoms with Gasteiger partial charge in [0.2, 0.25) is 5.91 Å². The predicted molar refractivity (Wildman–Crippen MR) is 126 cm³/mol. The number of hydrogen-bond donors (Lipinski definition) is 1. The zero-order valence-corrected chi connectivity index (χ0v) is 18.8. The topological polar surface area (TPSA) is 73.1 Å². The number of amides is 1. The number of nitrogens with one attached hydrogen (secondary N) is 1. The van der Waals surface area contributed by atoms with Crippen molar-refractivity contribution in [2.75, 3.05) is 5.32 Å². The van der Waals surface area contributed by atoms with Crippen LogP contribution < -0.4 is 16.6 Å². The minimum Gasteiger partial charge on any atom is -0.324 e. The first-order chi connectivity index (χ1) is 14.8. The van der Waals surface area contributed by atoms with E-state index in [0.29, 0.717) is 26.6 Å². The van der Waals surface area contributed by atoms with Crippen LogP contribution in [0.25, 0.3) is 15.9 Å². The van der Waals surface area contributed by atoms with Gasteiger partial charge in [-0.1, -0.05) is 29.8 Å². The Morgan fingerprint density at radius 1 is 1.03 bits per heavy atom. The third kappa shape index (κ3) is 3.94. The van der Waals surface area contributed by atoms with Gasteiger partial charge in [-0.25, -0.2) is 9.36 Å². The van der Waals surface area contributed by atoms with Crippen LogP contribution in [0.4, 0.5) is 5.69 Å². The zero-order valence-electron chi connectivity index (χ0n) is 17.2. The molecule has 4 rings (SSSR count). The van der Waals surface area contributed by atoms with Gasteiger partial charge in [0.25, 0.3) is 5.56 Å². The van der Waals surface area contributed by atoms with Crippen LogP contribution in [-0.2, 0) is 11.3 Å². The maximum atomic E-state index is 13.4. The summed E-state index contributed by atoms with van der Waals surface area (Å²) in [6.45, 7) is 5.37. The summed E-state index contributed by atoms with van der Waals surface area (Å²) >= 11 is 7.29. The Balaban J connectivity index is 1.83. The number of hydrogen-bond acceptors (Lipinski definition) is 4. The number of benzene rings is 2. The van der Waals surface area contributed by atoms with Gasteiger partial charge in [-0.15, -0.1) is 11.3 Å². The first-order valence-electron chi connectivity index (χ1n) is 9.63. The summed E-state index contributed by atoms with van der Waals surface area (Å²) in [6.07, 6.45) is 0. The number of aromatic nitrogens is 2. The van der Waals surface area contributed by atoms with Crippen molar-refractivity contribution in [3.05, 3.63) is 90.4 Å². The Kier molecular flexibility index (Phi) is 5.56. The van der Waals surface area contributed by atoms with E-state index in [0.717, 1.165) is 21.3 Å². The van der Waals surface area contributed by atoms with E-state index in [9.17, 15) is 14.4 Å². The van der Waals surface area contributed by atoms with E-state index in [4.69, 9.17) is 11.6 Å². The number of aryl methyl sites for hydroxylation is 3. The number of halogens is 1. The first-order valence-corrected chi connectivity index (χ1v) is 10.9. The molecule has 0 fully saturated rings. The summed E-state index contributed by atoms with van der Waals surface area (Å²) in [4.78, 5) is 39.4. The average molecular weight is 454 g/mol. The van der Waals surface area contributed by atoms with Crippen molar-refractivity contribution >= 4 is 44.7 Å². The summed E-state index contributed by atoms with van der Waals surface area (Å²) in [5, 5.41) is 5.06. The Morgan fingerprint density at radius 3 is 2.55 bits per heavy atom. The van der Waals surface area contributed by atoms with Crippen molar-refractivity contribution in [3.8, 4) is 5.69 Å². The van der Waals surface area contributed by atoms with Gasteiger partial charge in [-0.05, 0) is 67.1 Å². The number of nitrogens with zero attached hydrogens (tertiary/aromatic N) is 2. The minimum absolute atomic E-state index is 0.233. The smallest absolute Gasteiger partial charge is 0.324 e. The molecule has 2 aromatic heterocycles. The first kappa shape index (κ1) is 21.1. The van der Waals surface area contributed by atoms with Crippen LogP contribution in [0.2, 0.25) is 5.02 Å². The molecule has 2 heterocycles. The normalized spacial score (nSPS) is 11.1. The lowest BCUT2D eigenvalue weighted by Crippen LogP contribution is -2.40. The van der Waals surface area contributed by atoms with Crippen LogP contribution in [-0.4, -0.2) is 15.0 Å². The summed E-state index contributed by atoms with van der Waals surface area (Å²) in [5.74, 6) is -0.383. The van der Waals surface area contributed by atoms with Crippen LogP contribution in [0.15, 0.2) is 57.4 Å². The van der Waals surface area contributed by atoms with Crippen LogP contribution in [0.5, 0.6) is 0 Å². The zero-order chi connectivity index (χ0) is 22.3. The molecular weight excluding hydrogens is 434 g/mol. The molecule has 8 heteroatoms. The third-order valence-electron chi connectivity index (χ3n) is 5.14. The Hall–Kier alpha value is -3.16. The molecule has 0 radical (unpaired) electrons. The van der Waals surface area contributed by atoms with Crippen molar-refractivity contribution in [2.45, 2.75) is 27.3 Å². The average Bonchev–Trinajstić information content (AvgIpc) is 3.21. The van der Waals surface area contributed by atoms with Gasteiger partial charge in [0.15, 0.2) is 0 Å². The van der Waals surface area contributed by atoms with Gasteiger partial charge in [0, 0.05) is 10.7 Å². The highest BCUT2D eigenvalue weighted by molar-refractivity contribution is 7.17. The van der Waals surface area contributed by atoms with E-state index in [-0.39, 0.29) is 18.0 Å². The lowest BCUT2D eigenvalue weighted by Gasteiger charge is -2.15. The van der Waals surface area contributed by atoms with Gasteiger partial charge in [-0.2, -0.15) is 0 Å². The number of anilines is 1. The fourth-order valence-electron chi connectivity index (χ4n) is 3.48. The fourth-order valence-corrected chi connectivity index (χ4v) is 4.47. The van der Waals surface area contributed by atoms with E-state index in [2.05, 4.69) is 5.32 Å². The van der Waals surface area contributed by atoms with E-state index >= 15 is 0 Å². The highest BCUT2D eigenvalue weighted by Gasteiger charge is 2.19. The molecule has 0 aliphatic carbocycles. The molecule has 0 saturated carbocycles.